The fraction of sp³-hybridized carbons (Fsp3) is 0.462. The quantitative estimate of drug-likeness (QED) is 0.709. The van der Waals surface area contributed by atoms with E-state index in [0.717, 1.165) is 4.31 Å². The Morgan fingerprint density at radius 1 is 1.35 bits per heavy atom. The largest absolute Gasteiger partial charge is 0.497 e. The zero-order valence-electron chi connectivity index (χ0n) is 11.8. The van der Waals surface area contributed by atoms with Crippen molar-refractivity contribution in [3.05, 3.63) is 24.3 Å². The average molecular weight is 301 g/mol. The second-order valence-electron chi connectivity index (χ2n) is 4.06. The van der Waals surface area contributed by atoms with E-state index in [2.05, 4.69) is 0 Å². The number of ether oxygens (including phenoxy) is 2. The van der Waals surface area contributed by atoms with E-state index in [1.165, 1.54) is 26.3 Å². The molecule has 20 heavy (non-hydrogen) atoms. The molecule has 0 heterocycles. The van der Waals surface area contributed by atoms with Crippen LogP contribution in [0.25, 0.3) is 0 Å². The van der Waals surface area contributed by atoms with Gasteiger partial charge in [-0.05, 0) is 19.1 Å². The highest BCUT2D eigenvalue weighted by atomic mass is 32.2. The van der Waals surface area contributed by atoms with Crippen LogP contribution in [0.1, 0.15) is 13.3 Å². The van der Waals surface area contributed by atoms with E-state index < -0.39 is 16.0 Å². The standard InChI is InChI=1S/C13H19NO5S/c1-4-19-13(15)8-9-14(2)20(16,17)12-7-5-6-11(10-12)18-3/h5-7,10H,4,8-9H2,1-3H3. The average Bonchev–Trinajstić information content (AvgIpc) is 2.45. The van der Waals surface area contributed by atoms with Crippen LogP contribution in [0.15, 0.2) is 29.2 Å². The summed E-state index contributed by atoms with van der Waals surface area (Å²) in [5.74, 6) is 0.0464. The highest BCUT2D eigenvalue weighted by Gasteiger charge is 2.21. The maximum atomic E-state index is 12.3. The van der Waals surface area contributed by atoms with E-state index in [4.69, 9.17) is 9.47 Å². The van der Waals surface area contributed by atoms with Crippen molar-refractivity contribution in [2.75, 3.05) is 27.3 Å². The van der Waals surface area contributed by atoms with Gasteiger partial charge in [-0.15, -0.1) is 0 Å². The van der Waals surface area contributed by atoms with Gasteiger partial charge in [0.15, 0.2) is 0 Å². The number of methoxy groups -OCH3 is 1. The zero-order valence-corrected chi connectivity index (χ0v) is 12.6. The van der Waals surface area contributed by atoms with Gasteiger partial charge in [0.1, 0.15) is 5.75 Å². The van der Waals surface area contributed by atoms with Crippen molar-refractivity contribution >= 4 is 16.0 Å². The summed E-state index contributed by atoms with van der Waals surface area (Å²) in [6.45, 7) is 2.05. The van der Waals surface area contributed by atoms with Gasteiger partial charge in [-0.25, -0.2) is 12.7 Å². The maximum Gasteiger partial charge on any atom is 0.307 e. The molecule has 112 valence electrons. The lowest BCUT2D eigenvalue weighted by atomic mass is 10.3. The number of benzene rings is 1. The van der Waals surface area contributed by atoms with Crippen LogP contribution in [-0.4, -0.2) is 46.0 Å². The van der Waals surface area contributed by atoms with E-state index in [9.17, 15) is 13.2 Å². The smallest absolute Gasteiger partial charge is 0.307 e. The zero-order chi connectivity index (χ0) is 15.2. The lowest BCUT2D eigenvalue weighted by Crippen LogP contribution is -2.29. The first-order chi connectivity index (χ1) is 9.41. The van der Waals surface area contributed by atoms with Crippen LogP contribution in [0.2, 0.25) is 0 Å². The molecule has 0 spiro atoms. The minimum absolute atomic E-state index is 0.0214. The van der Waals surface area contributed by atoms with Crippen molar-refractivity contribution in [2.24, 2.45) is 0 Å². The van der Waals surface area contributed by atoms with Crippen molar-refractivity contribution < 1.29 is 22.7 Å². The molecule has 0 bridgehead atoms. The number of rotatable bonds is 7. The van der Waals surface area contributed by atoms with Crippen LogP contribution >= 0.6 is 0 Å². The molecule has 7 heteroatoms. The fourth-order valence-corrected chi connectivity index (χ4v) is 2.75. The van der Waals surface area contributed by atoms with Gasteiger partial charge in [-0.2, -0.15) is 0 Å². The summed E-state index contributed by atoms with van der Waals surface area (Å²) in [6, 6.07) is 6.19. The van der Waals surface area contributed by atoms with Crippen LogP contribution in [0.3, 0.4) is 0 Å². The molecule has 0 aliphatic heterocycles. The van der Waals surface area contributed by atoms with Gasteiger partial charge < -0.3 is 9.47 Å². The molecule has 1 rings (SSSR count). The topological polar surface area (TPSA) is 72.9 Å². The number of hydrogen-bond acceptors (Lipinski definition) is 5. The highest BCUT2D eigenvalue weighted by molar-refractivity contribution is 7.89. The van der Waals surface area contributed by atoms with E-state index in [1.54, 1.807) is 19.1 Å². The molecule has 1 aromatic carbocycles. The number of carbonyl (C=O) groups excluding carboxylic acids is 1. The summed E-state index contributed by atoms with van der Waals surface area (Å²) in [7, 11) is -0.744. The van der Waals surface area contributed by atoms with Gasteiger partial charge >= 0.3 is 5.97 Å². The van der Waals surface area contributed by atoms with Crippen LogP contribution < -0.4 is 4.74 Å². The Hall–Kier alpha value is -1.60. The molecule has 0 aliphatic carbocycles. The van der Waals surface area contributed by atoms with Crippen LogP contribution in [0.4, 0.5) is 0 Å². The van der Waals surface area contributed by atoms with Gasteiger partial charge in [-0.3, -0.25) is 4.79 Å². The Kier molecular flexibility index (Phi) is 5.97. The summed E-state index contributed by atoms with van der Waals surface area (Å²) in [4.78, 5) is 11.4. The van der Waals surface area contributed by atoms with E-state index in [1.807, 2.05) is 0 Å². The van der Waals surface area contributed by atoms with Crippen LogP contribution in [0.5, 0.6) is 5.75 Å². The summed E-state index contributed by atoms with van der Waals surface area (Å²) < 4.78 is 35.5. The second-order valence-corrected chi connectivity index (χ2v) is 6.11. The molecule has 6 nitrogen and oxygen atoms in total. The molecule has 1 aromatic rings. The Bertz CT molecular complexity index is 556. The van der Waals surface area contributed by atoms with Crippen molar-refractivity contribution in [3.8, 4) is 5.75 Å². The third kappa shape index (κ3) is 4.21. The summed E-state index contributed by atoms with van der Waals surface area (Å²) in [5.41, 5.74) is 0. The summed E-state index contributed by atoms with van der Waals surface area (Å²) in [5, 5.41) is 0. The van der Waals surface area contributed by atoms with Gasteiger partial charge in [-0.1, -0.05) is 6.07 Å². The predicted molar refractivity (Wildman–Crippen MR) is 74.1 cm³/mol. The maximum absolute atomic E-state index is 12.3. The van der Waals surface area contributed by atoms with Gasteiger partial charge in [0.2, 0.25) is 10.0 Å². The molecule has 0 saturated heterocycles. The molecule has 0 unspecified atom stereocenters. The van der Waals surface area contributed by atoms with E-state index >= 15 is 0 Å². The van der Waals surface area contributed by atoms with Gasteiger partial charge in [0.25, 0.3) is 0 Å². The molecule has 0 radical (unpaired) electrons. The summed E-state index contributed by atoms with van der Waals surface area (Å²) >= 11 is 0. The molecule has 0 N–H and O–H groups in total. The van der Waals surface area contributed by atoms with Crippen LogP contribution in [0, 0.1) is 0 Å². The van der Waals surface area contributed by atoms with E-state index in [-0.39, 0.29) is 24.5 Å². The molecular weight excluding hydrogens is 282 g/mol. The van der Waals surface area contributed by atoms with Crippen molar-refractivity contribution in [2.45, 2.75) is 18.2 Å². The first kappa shape index (κ1) is 16.5. The third-order valence-corrected chi connectivity index (χ3v) is 4.54. The number of nitrogens with zero attached hydrogens (tertiary/aromatic N) is 1. The number of carbonyl (C=O) groups is 1. The van der Waals surface area contributed by atoms with Crippen molar-refractivity contribution in [3.63, 3.8) is 0 Å². The third-order valence-electron chi connectivity index (χ3n) is 2.69. The second kappa shape index (κ2) is 7.25. The Balaban J connectivity index is 2.79. The molecule has 0 amide bonds. The van der Waals surface area contributed by atoms with E-state index in [0.29, 0.717) is 5.75 Å². The molecule has 0 fully saturated rings. The first-order valence-corrected chi connectivity index (χ1v) is 7.61. The van der Waals surface area contributed by atoms with Crippen LogP contribution in [-0.2, 0) is 19.6 Å². The Morgan fingerprint density at radius 3 is 2.65 bits per heavy atom. The van der Waals surface area contributed by atoms with Gasteiger partial charge in [0, 0.05) is 19.7 Å². The highest BCUT2D eigenvalue weighted by Crippen LogP contribution is 2.20. The fourth-order valence-electron chi connectivity index (χ4n) is 1.54. The normalized spacial score (nSPS) is 11.4. The minimum atomic E-state index is -3.64. The number of esters is 1. The number of hydrogen-bond donors (Lipinski definition) is 0. The number of sulfonamides is 1. The van der Waals surface area contributed by atoms with Crippen molar-refractivity contribution in [1.82, 2.24) is 4.31 Å². The summed E-state index contributed by atoms with van der Waals surface area (Å²) in [6.07, 6.45) is 0.0214. The van der Waals surface area contributed by atoms with Gasteiger partial charge in [0.05, 0.1) is 25.0 Å². The monoisotopic (exact) mass is 301 g/mol. The molecular formula is C13H19NO5S. The Labute approximate surface area is 119 Å². The molecule has 0 saturated carbocycles. The molecule has 0 aromatic heterocycles. The SMILES string of the molecule is CCOC(=O)CCN(C)S(=O)(=O)c1cccc(OC)c1. The molecule has 0 atom stereocenters. The molecule has 0 aliphatic rings. The lowest BCUT2D eigenvalue weighted by Gasteiger charge is -2.17. The first-order valence-electron chi connectivity index (χ1n) is 6.17. The predicted octanol–water partition coefficient (Wildman–Crippen LogP) is 1.27. The Morgan fingerprint density at radius 2 is 2.05 bits per heavy atom. The lowest BCUT2D eigenvalue weighted by molar-refractivity contribution is -0.143. The van der Waals surface area contributed by atoms with Crippen molar-refractivity contribution in [1.29, 1.82) is 0 Å². The minimum Gasteiger partial charge on any atom is -0.497 e.